The Morgan fingerprint density at radius 2 is 2.11 bits per heavy atom. The zero-order valence-corrected chi connectivity index (χ0v) is 9.97. The predicted molar refractivity (Wildman–Crippen MR) is 72.5 cm³/mol. The summed E-state index contributed by atoms with van der Waals surface area (Å²) in [5.74, 6) is 0.691. The van der Waals surface area contributed by atoms with Gasteiger partial charge in [0.15, 0.2) is 0 Å². The van der Waals surface area contributed by atoms with Crippen LogP contribution in [0.1, 0.15) is 0 Å². The number of aromatic amines is 1. The largest absolute Gasteiger partial charge is 0.495 e. The SMILES string of the molecule is COc1ccc(-c2cc3ccncc3[nH]2)cc1N. The van der Waals surface area contributed by atoms with Gasteiger partial charge in [0.25, 0.3) is 0 Å². The molecule has 90 valence electrons. The number of fused-ring (bicyclic) bond motifs is 1. The normalized spacial score (nSPS) is 10.7. The van der Waals surface area contributed by atoms with Crippen LogP contribution in [-0.4, -0.2) is 17.1 Å². The Bertz CT molecular complexity index is 670. The number of methoxy groups -OCH3 is 1. The topological polar surface area (TPSA) is 63.9 Å². The standard InChI is InChI=1S/C14H13N3O/c1-18-14-3-2-9(6-11(14)15)12-7-10-4-5-16-8-13(10)17-12/h2-8,17H,15H2,1H3. The van der Waals surface area contributed by atoms with Crippen LogP contribution in [0.5, 0.6) is 5.75 Å². The van der Waals surface area contributed by atoms with Gasteiger partial charge < -0.3 is 15.5 Å². The molecule has 0 amide bonds. The summed E-state index contributed by atoms with van der Waals surface area (Å²) in [5, 5.41) is 1.13. The molecule has 0 spiro atoms. The minimum atomic E-state index is 0.631. The highest BCUT2D eigenvalue weighted by Gasteiger charge is 2.06. The highest BCUT2D eigenvalue weighted by atomic mass is 16.5. The Kier molecular flexibility index (Phi) is 2.41. The fraction of sp³-hybridized carbons (Fsp3) is 0.0714. The fourth-order valence-electron chi connectivity index (χ4n) is 2.03. The third-order valence-corrected chi connectivity index (χ3v) is 2.96. The van der Waals surface area contributed by atoms with E-state index in [4.69, 9.17) is 10.5 Å². The van der Waals surface area contributed by atoms with Crippen molar-refractivity contribution < 1.29 is 4.74 Å². The monoisotopic (exact) mass is 239 g/mol. The van der Waals surface area contributed by atoms with Gasteiger partial charge in [0.2, 0.25) is 0 Å². The van der Waals surface area contributed by atoms with Gasteiger partial charge >= 0.3 is 0 Å². The van der Waals surface area contributed by atoms with Gasteiger partial charge in [-0.2, -0.15) is 0 Å². The lowest BCUT2D eigenvalue weighted by Crippen LogP contribution is -1.92. The van der Waals surface area contributed by atoms with Gasteiger partial charge in [0.1, 0.15) is 5.75 Å². The number of nitrogens with one attached hydrogen (secondary N) is 1. The Balaban J connectivity index is 2.11. The van der Waals surface area contributed by atoms with Crippen molar-refractivity contribution in [2.45, 2.75) is 0 Å². The van der Waals surface area contributed by atoms with Gasteiger partial charge in [0.05, 0.1) is 24.5 Å². The maximum Gasteiger partial charge on any atom is 0.141 e. The van der Waals surface area contributed by atoms with E-state index in [1.165, 1.54) is 0 Å². The van der Waals surface area contributed by atoms with Crippen LogP contribution in [0.4, 0.5) is 5.69 Å². The third kappa shape index (κ3) is 1.68. The quantitative estimate of drug-likeness (QED) is 0.676. The van der Waals surface area contributed by atoms with Crippen molar-refractivity contribution in [3.63, 3.8) is 0 Å². The molecule has 0 aliphatic carbocycles. The van der Waals surface area contributed by atoms with Crippen molar-refractivity contribution in [3.8, 4) is 17.0 Å². The van der Waals surface area contributed by atoms with Crippen LogP contribution in [0, 0.1) is 0 Å². The molecular formula is C14H13N3O. The van der Waals surface area contributed by atoms with E-state index in [0.717, 1.165) is 22.2 Å². The first kappa shape index (κ1) is 10.7. The lowest BCUT2D eigenvalue weighted by molar-refractivity contribution is 0.417. The minimum absolute atomic E-state index is 0.631. The Morgan fingerprint density at radius 1 is 1.22 bits per heavy atom. The summed E-state index contributed by atoms with van der Waals surface area (Å²) in [6, 6.07) is 9.80. The summed E-state index contributed by atoms with van der Waals surface area (Å²) in [6.45, 7) is 0. The number of rotatable bonds is 2. The lowest BCUT2D eigenvalue weighted by Gasteiger charge is -2.05. The summed E-state index contributed by atoms with van der Waals surface area (Å²) < 4.78 is 5.15. The van der Waals surface area contributed by atoms with Crippen LogP contribution < -0.4 is 10.5 Å². The molecule has 3 N–H and O–H groups in total. The van der Waals surface area contributed by atoms with E-state index in [-0.39, 0.29) is 0 Å². The molecule has 18 heavy (non-hydrogen) atoms. The molecule has 0 aliphatic heterocycles. The van der Waals surface area contributed by atoms with E-state index >= 15 is 0 Å². The second-order valence-corrected chi connectivity index (χ2v) is 4.10. The zero-order chi connectivity index (χ0) is 12.5. The molecule has 2 heterocycles. The highest BCUT2D eigenvalue weighted by Crippen LogP contribution is 2.29. The molecule has 0 saturated heterocycles. The predicted octanol–water partition coefficient (Wildman–Crippen LogP) is 2.82. The number of ether oxygens (including phenoxy) is 1. The number of benzene rings is 1. The summed E-state index contributed by atoms with van der Waals surface area (Å²) in [7, 11) is 1.61. The second kappa shape index (κ2) is 4.07. The third-order valence-electron chi connectivity index (χ3n) is 2.96. The fourth-order valence-corrected chi connectivity index (χ4v) is 2.03. The van der Waals surface area contributed by atoms with Crippen LogP contribution in [0.3, 0.4) is 0 Å². The molecule has 2 aromatic heterocycles. The molecule has 0 saturated carbocycles. The Hall–Kier alpha value is -2.49. The summed E-state index contributed by atoms with van der Waals surface area (Å²) >= 11 is 0. The number of anilines is 1. The Labute approximate surface area is 104 Å². The van der Waals surface area contributed by atoms with Gasteiger partial charge in [-0.3, -0.25) is 4.98 Å². The molecular weight excluding hydrogens is 226 g/mol. The number of hydrogen-bond acceptors (Lipinski definition) is 3. The average molecular weight is 239 g/mol. The average Bonchev–Trinajstić information content (AvgIpc) is 2.82. The first-order chi connectivity index (χ1) is 8.78. The van der Waals surface area contributed by atoms with Crippen molar-refractivity contribution in [3.05, 3.63) is 42.7 Å². The van der Waals surface area contributed by atoms with Crippen molar-refractivity contribution in [2.75, 3.05) is 12.8 Å². The van der Waals surface area contributed by atoms with Crippen LogP contribution >= 0.6 is 0 Å². The van der Waals surface area contributed by atoms with Crippen molar-refractivity contribution in [1.29, 1.82) is 0 Å². The minimum Gasteiger partial charge on any atom is -0.495 e. The molecule has 1 aromatic carbocycles. The molecule has 0 bridgehead atoms. The molecule has 0 radical (unpaired) electrons. The van der Waals surface area contributed by atoms with Crippen molar-refractivity contribution in [1.82, 2.24) is 9.97 Å². The molecule has 3 rings (SSSR count). The maximum atomic E-state index is 5.91. The van der Waals surface area contributed by atoms with Crippen LogP contribution in [0.15, 0.2) is 42.7 Å². The number of H-pyrrole nitrogens is 1. The molecule has 0 fully saturated rings. The van der Waals surface area contributed by atoms with E-state index in [0.29, 0.717) is 11.4 Å². The molecule has 3 aromatic rings. The van der Waals surface area contributed by atoms with E-state index < -0.39 is 0 Å². The van der Waals surface area contributed by atoms with Gasteiger partial charge in [-0.15, -0.1) is 0 Å². The molecule has 0 aliphatic rings. The number of nitrogen functional groups attached to an aromatic ring is 1. The van der Waals surface area contributed by atoms with Gasteiger partial charge in [-0.05, 0) is 30.3 Å². The van der Waals surface area contributed by atoms with E-state index in [1.807, 2.05) is 30.5 Å². The number of hydrogen-bond donors (Lipinski definition) is 2. The lowest BCUT2D eigenvalue weighted by atomic mass is 10.1. The van der Waals surface area contributed by atoms with Crippen molar-refractivity contribution >= 4 is 16.6 Å². The van der Waals surface area contributed by atoms with Crippen LogP contribution in [-0.2, 0) is 0 Å². The van der Waals surface area contributed by atoms with Crippen molar-refractivity contribution in [2.24, 2.45) is 0 Å². The number of nitrogens with two attached hydrogens (primary N) is 1. The van der Waals surface area contributed by atoms with Crippen LogP contribution in [0.2, 0.25) is 0 Å². The number of pyridine rings is 1. The molecule has 0 unspecified atom stereocenters. The zero-order valence-electron chi connectivity index (χ0n) is 9.97. The second-order valence-electron chi connectivity index (χ2n) is 4.10. The Morgan fingerprint density at radius 3 is 2.83 bits per heavy atom. The van der Waals surface area contributed by atoms with E-state index in [1.54, 1.807) is 13.3 Å². The van der Waals surface area contributed by atoms with Gasteiger partial charge in [-0.1, -0.05) is 0 Å². The van der Waals surface area contributed by atoms with E-state index in [2.05, 4.69) is 16.0 Å². The first-order valence-electron chi connectivity index (χ1n) is 5.64. The number of aromatic nitrogens is 2. The van der Waals surface area contributed by atoms with Crippen LogP contribution in [0.25, 0.3) is 22.2 Å². The smallest absolute Gasteiger partial charge is 0.141 e. The number of nitrogens with zero attached hydrogens (tertiary/aromatic N) is 1. The van der Waals surface area contributed by atoms with Gasteiger partial charge in [0, 0.05) is 22.8 Å². The van der Waals surface area contributed by atoms with E-state index in [9.17, 15) is 0 Å². The summed E-state index contributed by atoms with van der Waals surface area (Å²) in [4.78, 5) is 7.41. The first-order valence-corrected chi connectivity index (χ1v) is 5.64. The summed E-state index contributed by atoms with van der Waals surface area (Å²) in [5.41, 5.74) is 9.61. The molecule has 0 atom stereocenters. The molecule has 4 heteroatoms. The maximum absolute atomic E-state index is 5.91. The summed E-state index contributed by atoms with van der Waals surface area (Å²) in [6.07, 6.45) is 3.59. The highest BCUT2D eigenvalue weighted by molar-refractivity contribution is 5.85. The van der Waals surface area contributed by atoms with Gasteiger partial charge in [-0.25, -0.2) is 0 Å². The molecule has 4 nitrogen and oxygen atoms in total.